The van der Waals surface area contributed by atoms with Crippen molar-refractivity contribution < 1.29 is 13.6 Å². The third-order valence-electron chi connectivity index (χ3n) is 6.34. The molecule has 6 nitrogen and oxygen atoms in total. The summed E-state index contributed by atoms with van der Waals surface area (Å²) in [5, 5.41) is 6.18. The van der Waals surface area contributed by atoms with Crippen LogP contribution < -0.4 is 15.5 Å². The molecule has 1 aromatic rings. The number of nitrogens with one attached hydrogen (secondary N) is 2. The Balaban J connectivity index is 2.07. The first-order chi connectivity index (χ1) is 15.8. The Morgan fingerprint density at radius 2 is 2.00 bits per heavy atom. The molecule has 0 radical (unpaired) electrons. The van der Waals surface area contributed by atoms with E-state index in [1.807, 2.05) is 19.1 Å². The topological polar surface area (TPSA) is 69.6 Å². The molecule has 180 valence electrons. The third kappa shape index (κ3) is 6.25. The highest BCUT2D eigenvalue weighted by atomic mass is 19.3. The van der Waals surface area contributed by atoms with E-state index in [0.29, 0.717) is 16.8 Å². The maximum absolute atomic E-state index is 14.0. The summed E-state index contributed by atoms with van der Waals surface area (Å²) in [5.74, 6) is -0.348. The largest absolute Gasteiger partial charge is 0.354 e. The average Bonchev–Trinajstić information content (AvgIpc) is 2.76. The number of carbonyl (C=O) groups is 1. The van der Waals surface area contributed by atoms with Gasteiger partial charge in [0.15, 0.2) is 0 Å². The van der Waals surface area contributed by atoms with Crippen LogP contribution in [0.25, 0.3) is 5.57 Å². The molecule has 0 bridgehead atoms. The first kappa shape index (κ1) is 25.0. The van der Waals surface area contributed by atoms with Crippen molar-refractivity contribution in [2.24, 2.45) is 16.8 Å². The molecular weight excluding hydrogens is 424 g/mol. The fourth-order valence-electron chi connectivity index (χ4n) is 4.10. The highest BCUT2D eigenvalue weighted by Crippen LogP contribution is 2.31. The highest BCUT2D eigenvalue weighted by Gasteiger charge is 2.31. The number of hydrogen-bond donors (Lipinski definition) is 2. The van der Waals surface area contributed by atoms with Crippen molar-refractivity contribution in [3.63, 3.8) is 0 Å². The van der Waals surface area contributed by atoms with Gasteiger partial charge in [-0.25, -0.2) is 18.8 Å². The van der Waals surface area contributed by atoms with Crippen LogP contribution in [0.3, 0.4) is 0 Å². The van der Waals surface area contributed by atoms with Crippen LogP contribution in [0.15, 0.2) is 35.0 Å². The van der Waals surface area contributed by atoms with E-state index in [4.69, 9.17) is 4.98 Å². The number of alkyl halides is 2. The fourth-order valence-corrected chi connectivity index (χ4v) is 4.10. The van der Waals surface area contributed by atoms with Crippen LogP contribution in [0.2, 0.25) is 0 Å². The summed E-state index contributed by atoms with van der Waals surface area (Å²) in [4.78, 5) is 24.1. The van der Waals surface area contributed by atoms with E-state index in [2.05, 4.69) is 20.5 Å². The number of amidine groups is 1. The van der Waals surface area contributed by atoms with E-state index in [0.717, 1.165) is 56.8 Å². The van der Waals surface area contributed by atoms with Crippen LogP contribution >= 0.6 is 0 Å². The Hall–Kier alpha value is -2.61. The highest BCUT2D eigenvalue weighted by molar-refractivity contribution is 6.12. The number of nitrogens with zero attached hydrogens (tertiary/aromatic N) is 3. The lowest BCUT2D eigenvalue weighted by molar-refractivity contribution is -0.125. The van der Waals surface area contributed by atoms with E-state index in [1.54, 1.807) is 19.9 Å². The minimum Gasteiger partial charge on any atom is -0.354 e. The second kappa shape index (κ2) is 11.5. The zero-order valence-corrected chi connectivity index (χ0v) is 20.0. The lowest BCUT2D eigenvalue weighted by Gasteiger charge is -2.29. The number of piperazine rings is 1. The second-order valence-corrected chi connectivity index (χ2v) is 8.86. The van der Waals surface area contributed by atoms with Crippen LogP contribution in [0.5, 0.6) is 0 Å². The molecule has 8 heteroatoms. The molecule has 2 N–H and O–H groups in total. The molecule has 2 heterocycles. The monoisotopic (exact) mass is 459 g/mol. The predicted octanol–water partition coefficient (Wildman–Crippen LogP) is 4.32. The Morgan fingerprint density at radius 3 is 2.58 bits per heavy atom. The molecule has 1 unspecified atom stereocenters. The standard InChI is InChI=1S/C25H35F2N5O/c1-5-9-29-24(31-25(33)19-7-6-8-19)22(18(4)23(26)27)17(3)20-14-16(2)15-21(30-20)32-12-10-28-11-13-32/h5,9,14-15,18-19,23,28H,6-8,10-13H2,1-4H3,(H,29,31,33)/b9-5?,22-17+. The number of rotatable bonds is 7. The Kier molecular flexibility index (Phi) is 8.72. The van der Waals surface area contributed by atoms with Gasteiger partial charge in [0.25, 0.3) is 0 Å². The summed E-state index contributed by atoms with van der Waals surface area (Å²) in [6.45, 7) is 10.5. The van der Waals surface area contributed by atoms with Gasteiger partial charge < -0.3 is 15.5 Å². The Morgan fingerprint density at radius 1 is 1.30 bits per heavy atom. The zero-order chi connectivity index (χ0) is 24.0. The first-order valence-corrected chi connectivity index (χ1v) is 11.8. The molecular formula is C25H35F2N5O. The van der Waals surface area contributed by atoms with E-state index < -0.39 is 12.3 Å². The van der Waals surface area contributed by atoms with Gasteiger partial charge in [-0.3, -0.25) is 4.79 Å². The number of carbonyl (C=O) groups excluding carboxylic acids is 1. The number of anilines is 1. The van der Waals surface area contributed by atoms with Gasteiger partial charge in [-0.15, -0.1) is 0 Å². The zero-order valence-electron chi connectivity index (χ0n) is 20.0. The fraction of sp³-hybridized carbons (Fsp3) is 0.560. The minimum absolute atomic E-state index is 0.0828. The molecule has 3 rings (SSSR count). The van der Waals surface area contributed by atoms with Gasteiger partial charge in [0.2, 0.25) is 12.3 Å². The number of amides is 1. The number of halogens is 2. The number of pyridine rings is 1. The van der Waals surface area contributed by atoms with E-state index in [1.165, 1.54) is 13.1 Å². The first-order valence-electron chi connectivity index (χ1n) is 11.8. The van der Waals surface area contributed by atoms with Gasteiger partial charge in [0.1, 0.15) is 11.7 Å². The smallest absolute Gasteiger partial charge is 0.245 e. The van der Waals surface area contributed by atoms with Crippen LogP contribution in [0, 0.1) is 18.8 Å². The molecule has 1 aliphatic carbocycles. The van der Waals surface area contributed by atoms with E-state index in [9.17, 15) is 13.6 Å². The molecule has 1 aromatic heterocycles. The summed E-state index contributed by atoms with van der Waals surface area (Å²) in [7, 11) is 0. The summed E-state index contributed by atoms with van der Waals surface area (Å²) in [6, 6.07) is 3.92. The summed E-state index contributed by atoms with van der Waals surface area (Å²) in [6.07, 6.45) is 3.28. The summed E-state index contributed by atoms with van der Waals surface area (Å²) in [5.41, 5.74) is 2.54. The normalized spacial score (nSPS) is 19.5. The number of allylic oxidation sites excluding steroid dienone is 2. The molecule has 1 aliphatic heterocycles. The molecule has 0 spiro atoms. The van der Waals surface area contributed by atoms with Crippen LogP contribution in [0.4, 0.5) is 14.6 Å². The van der Waals surface area contributed by atoms with Crippen molar-refractivity contribution in [3.05, 3.63) is 41.2 Å². The Bertz CT molecular complexity index is 931. The summed E-state index contributed by atoms with van der Waals surface area (Å²) >= 11 is 0. The maximum Gasteiger partial charge on any atom is 0.245 e. The van der Waals surface area contributed by atoms with Crippen molar-refractivity contribution in [1.29, 1.82) is 0 Å². The van der Waals surface area contributed by atoms with Crippen LogP contribution in [-0.2, 0) is 4.79 Å². The molecule has 0 aromatic carbocycles. The molecule has 33 heavy (non-hydrogen) atoms. The van der Waals surface area contributed by atoms with Crippen molar-refractivity contribution in [2.75, 3.05) is 31.1 Å². The van der Waals surface area contributed by atoms with Gasteiger partial charge >= 0.3 is 0 Å². The van der Waals surface area contributed by atoms with Crippen molar-refractivity contribution >= 4 is 23.1 Å². The van der Waals surface area contributed by atoms with Crippen molar-refractivity contribution in [1.82, 2.24) is 15.6 Å². The van der Waals surface area contributed by atoms with Crippen molar-refractivity contribution in [3.8, 4) is 0 Å². The molecule has 1 amide bonds. The van der Waals surface area contributed by atoms with Gasteiger partial charge in [-0.1, -0.05) is 19.4 Å². The minimum atomic E-state index is -2.61. The molecule has 1 saturated carbocycles. The third-order valence-corrected chi connectivity index (χ3v) is 6.34. The quantitative estimate of drug-likeness (QED) is 0.471. The van der Waals surface area contributed by atoms with Crippen LogP contribution in [0.1, 0.15) is 51.3 Å². The van der Waals surface area contributed by atoms with E-state index >= 15 is 0 Å². The lowest BCUT2D eigenvalue weighted by atomic mass is 9.84. The number of aliphatic imine (C=N–C) groups is 1. The summed E-state index contributed by atoms with van der Waals surface area (Å²) < 4.78 is 28.0. The second-order valence-electron chi connectivity index (χ2n) is 8.86. The number of hydrogen-bond acceptors (Lipinski definition) is 5. The SMILES string of the molecule is CC=CN=C(NC(=O)C1CCC1)/C(=C(\C)c1cc(C)cc(N2CCNCC2)n1)C(C)C(F)F. The molecule has 2 aliphatic rings. The van der Waals surface area contributed by atoms with Gasteiger partial charge in [-0.2, -0.15) is 0 Å². The van der Waals surface area contributed by atoms with Crippen molar-refractivity contribution in [2.45, 2.75) is 53.4 Å². The number of aryl methyl sites for hydroxylation is 1. The molecule has 1 atom stereocenters. The van der Waals surface area contributed by atoms with Gasteiger partial charge in [0.05, 0.1) is 5.69 Å². The predicted molar refractivity (Wildman–Crippen MR) is 130 cm³/mol. The average molecular weight is 460 g/mol. The van der Waals surface area contributed by atoms with Crippen LogP contribution in [-0.4, -0.2) is 49.3 Å². The van der Waals surface area contributed by atoms with Gasteiger partial charge in [0, 0.05) is 49.8 Å². The molecule has 2 fully saturated rings. The van der Waals surface area contributed by atoms with Gasteiger partial charge in [-0.05, 0) is 56.9 Å². The Labute approximate surface area is 195 Å². The lowest BCUT2D eigenvalue weighted by Crippen LogP contribution is -2.44. The van der Waals surface area contributed by atoms with E-state index in [-0.39, 0.29) is 17.7 Å². The maximum atomic E-state index is 14.0. The number of aromatic nitrogens is 1. The molecule has 1 saturated heterocycles.